The van der Waals surface area contributed by atoms with Gasteiger partial charge in [-0.15, -0.1) is 0 Å². The lowest BCUT2D eigenvalue weighted by molar-refractivity contribution is -0.142. The van der Waals surface area contributed by atoms with E-state index in [0.717, 1.165) is 27.5 Å². The van der Waals surface area contributed by atoms with E-state index in [0.29, 0.717) is 16.5 Å². The van der Waals surface area contributed by atoms with Gasteiger partial charge in [-0.2, -0.15) is 0 Å². The van der Waals surface area contributed by atoms with Crippen LogP contribution in [0.1, 0.15) is 17.0 Å². The number of hydrogen-bond acceptors (Lipinski definition) is 4. The van der Waals surface area contributed by atoms with Gasteiger partial charge in [-0.1, -0.05) is 84.4 Å². The molecule has 6 heteroatoms. The number of benzene rings is 4. The van der Waals surface area contributed by atoms with Gasteiger partial charge in [0.05, 0.1) is 23.4 Å². The molecule has 4 aromatic carbocycles. The van der Waals surface area contributed by atoms with Crippen LogP contribution in [0.4, 0.5) is 5.69 Å². The second-order valence-corrected chi connectivity index (χ2v) is 10.1. The molecule has 0 bridgehead atoms. The minimum atomic E-state index is -0.892. The van der Waals surface area contributed by atoms with E-state index in [-0.39, 0.29) is 5.91 Å². The molecule has 0 saturated carbocycles. The van der Waals surface area contributed by atoms with Gasteiger partial charge in [0.25, 0.3) is 0 Å². The van der Waals surface area contributed by atoms with Crippen molar-refractivity contribution in [3.63, 3.8) is 0 Å². The molecule has 5 nitrogen and oxygen atoms in total. The van der Waals surface area contributed by atoms with Crippen LogP contribution in [-0.4, -0.2) is 17.8 Å². The molecule has 2 aliphatic heterocycles. The predicted molar refractivity (Wildman–Crippen MR) is 141 cm³/mol. The minimum absolute atomic E-state index is 0.335. The van der Waals surface area contributed by atoms with Gasteiger partial charge in [0.15, 0.2) is 0 Å². The van der Waals surface area contributed by atoms with Gasteiger partial charge in [0.2, 0.25) is 11.8 Å². The third-order valence-electron chi connectivity index (χ3n) is 7.73. The summed E-state index contributed by atoms with van der Waals surface area (Å²) in [5.74, 6) is -3.69. The number of rotatable bonds is 2. The summed E-state index contributed by atoms with van der Waals surface area (Å²) in [5, 5.41) is 2.37. The summed E-state index contributed by atoms with van der Waals surface area (Å²) in [6.07, 6.45) is 2.01. The van der Waals surface area contributed by atoms with E-state index >= 15 is 0 Å². The van der Waals surface area contributed by atoms with Crippen LogP contribution in [-0.2, 0) is 14.4 Å². The normalized spacial score (nSPS) is 24.3. The van der Waals surface area contributed by atoms with E-state index in [1.165, 1.54) is 4.90 Å². The maximum Gasteiger partial charge on any atom is 0.319 e. The van der Waals surface area contributed by atoms with Crippen LogP contribution >= 0.6 is 11.6 Å². The Bertz CT molecular complexity index is 1660. The lowest BCUT2D eigenvalue weighted by Gasteiger charge is -2.38. The lowest BCUT2D eigenvalue weighted by atomic mass is 9.64. The molecule has 2 heterocycles. The number of esters is 1. The number of allylic oxidation sites excluding steroid dienone is 1. The van der Waals surface area contributed by atoms with Gasteiger partial charge >= 0.3 is 5.97 Å². The summed E-state index contributed by atoms with van der Waals surface area (Å²) in [5.41, 5.74) is 2.87. The molecule has 4 atom stereocenters. The maximum absolute atomic E-state index is 14.0. The summed E-state index contributed by atoms with van der Waals surface area (Å²) in [6, 6.07) is 28.0. The van der Waals surface area contributed by atoms with Crippen molar-refractivity contribution in [2.24, 2.45) is 17.8 Å². The molecule has 0 spiro atoms. The Balaban J connectivity index is 1.48. The average Bonchev–Trinajstić information content (AvgIpc) is 3.18. The molecule has 37 heavy (non-hydrogen) atoms. The summed E-state index contributed by atoms with van der Waals surface area (Å²) in [4.78, 5) is 42.7. The number of halogens is 1. The fourth-order valence-electron chi connectivity index (χ4n) is 6.20. The zero-order chi connectivity index (χ0) is 25.3. The summed E-state index contributed by atoms with van der Waals surface area (Å²) < 4.78 is 5.82. The molecule has 180 valence electrons. The second kappa shape index (κ2) is 8.15. The van der Waals surface area contributed by atoms with Crippen LogP contribution in [0.5, 0.6) is 5.75 Å². The highest BCUT2D eigenvalue weighted by molar-refractivity contribution is 6.31. The zero-order valence-corrected chi connectivity index (χ0v) is 20.3. The van der Waals surface area contributed by atoms with E-state index in [1.807, 2.05) is 66.7 Å². The molecular weight excluding hydrogens is 486 g/mol. The molecule has 0 unspecified atom stereocenters. The summed E-state index contributed by atoms with van der Waals surface area (Å²) >= 11 is 6.21. The molecule has 2 amide bonds. The number of nitrogens with zero attached hydrogens (tertiary/aromatic N) is 1. The third-order valence-corrected chi connectivity index (χ3v) is 7.97. The van der Waals surface area contributed by atoms with Crippen molar-refractivity contribution in [3.8, 4) is 5.75 Å². The fourth-order valence-corrected chi connectivity index (χ4v) is 6.39. The number of carbonyl (C=O) groups excluding carboxylic acids is 3. The van der Waals surface area contributed by atoms with Gasteiger partial charge in [-0.3, -0.25) is 14.4 Å². The Hall–Kier alpha value is -4.22. The zero-order valence-electron chi connectivity index (χ0n) is 19.5. The third kappa shape index (κ3) is 3.20. The van der Waals surface area contributed by atoms with E-state index in [2.05, 4.69) is 0 Å². The van der Waals surface area contributed by atoms with E-state index in [9.17, 15) is 14.4 Å². The monoisotopic (exact) mass is 505 g/mol. The molecule has 1 fully saturated rings. The van der Waals surface area contributed by atoms with Crippen molar-refractivity contribution in [1.82, 2.24) is 0 Å². The highest BCUT2D eigenvalue weighted by Crippen LogP contribution is 2.55. The number of carbonyl (C=O) groups is 3. The number of imide groups is 1. The van der Waals surface area contributed by atoms with E-state index in [1.54, 1.807) is 30.3 Å². The summed E-state index contributed by atoms with van der Waals surface area (Å²) in [7, 11) is 0. The fraction of sp³-hybridized carbons (Fsp3) is 0.129. The largest absolute Gasteiger partial charge is 0.425 e. The molecule has 1 aliphatic carbocycles. The van der Waals surface area contributed by atoms with Crippen molar-refractivity contribution in [1.29, 1.82) is 0 Å². The van der Waals surface area contributed by atoms with Gasteiger partial charge in [0.1, 0.15) is 5.75 Å². The smallest absolute Gasteiger partial charge is 0.319 e. The van der Waals surface area contributed by atoms with E-state index in [4.69, 9.17) is 16.3 Å². The second-order valence-electron chi connectivity index (χ2n) is 9.66. The van der Waals surface area contributed by atoms with Gasteiger partial charge in [-0.25, -0.2) is 4.90 Å². The first-order valence-electron chi connectivity index (χ1n) is 12.2. The number of ether oxygens (including phenoxy) is 1. The van der Waals surface area contributed by atoms with Gasteiger partial charge in [0, 0.05) is 16.5 Å². The molecule has 7 rings (SSSR count). The molecule has 0 N–H and O–H groups in total. The highest BCUT2D eigenvalue weighted by Gasteiger charge is 2.60. The molecule has 4 aromatic rings. The van der Waals surface area contributed by atoms with Gasteiger partial charge in [-0.05, 0) is 46.2 Å². The number of fused-ring (bicyclic) bond motifs is 7. The number of hydrogen-bond donors (Lipinski definition) is 0. The van der Waals surface area contributed by atoms with Crippen LogP contribution < -0.4 is 9.64 Å². The predicted octanol–water partition coefficient (Wildman–Crippen LogP) is 6.02. The Labute approximate surface area is 217 Å². The van der Waals surface area contributed by atoms with Crippen molar-refractivity contribution in [2.75, 3.05) is 4.90 Å². The highest BCUT2D eigenvalue weighted by atomic mass is 35.5. The van der Waals surface area contributed by atoms with Crippen LogP contribution in [0, 0.1) is 17.8 Å². The van der Waals surface area contributed by atoms with Crippen LogP contribution in [0.25, 0.3) is 16.3 Å². The molecule has 3 aliphatic rings. The number of anilines is 1. The standard InChI is InChI=1S/C31H20ClNO4/c32-19-10-6-11-20(15-19)33-29(34)26-22(17-7-2-1-3-8-17)16-23-25-21-12-5-4-9-18(21)13-14-24(25)37-31(36)27(23)28(26)30(33)35/h1-16,22,26-28H/t22-,26+,27-,28+/m1/s1. The minimum Gasteiger partial charge on any atom is -0.425 e. The Morgan fingerprint density at radius 3 is 2.32 bits per heavy atom. The van der Waals surface area contributed by atoms with Crippen molar-refractivity contribution in [2.45, 2.75) is 5.92 Å². The lowest BCUT2D eigenvalue weighted by Crippen LogP contribution is -2.42. The maximum atomic E-state index is 14.0. The topological polar surface area (TPSA) is 63.7 Å². The van der Waals surface area contributed by atoms with Crippen LogP contribution in [0.15, 0.2) is 97.1 Å². The molecule has 1 saturated heterocycles. The van der Waals surface area contributed by atoms with E-state index < -0.39 is 35.5 Å². The first kappa shape index (κ1) is 22.0. The Morgan fingerprint density at radius 1 is 0.757 bits per heavy atom. The van der Waals surface area contributed by atoms with Crippen LogP contribution in [0.2, 0.25) is 5.02 Å². The first-order valence-corrected chi connectivity index (χ1v) is 12.5. The molecular formula is C31H20ClNO4. The quantitative estimate of drug-likeness (QED) is 0.190. The van der Waals surface area contributed by atoms with Crippen molar-refractivity contribution >= 4 is 51.4 Å². The summed E-state index contributed by atoms with van der Waals surface area (Å²) in [6.45, 7) is 0. The van der Waals surface area contributed by atoms with Crippen molar-refractivity contribution < 1.29 is 19.1 Å². The number of amides is 2. The Kier molecular flexibility index (Phi) is 4.85. The van der Waals surface area contributed by atoms with Crippen molar-refractivity contribution in [3.05, 3.63) is 113 Å². The van der Waals surface area contributed by atoms with Gasteiger partial charge < -0.3 is 4.74 Å². The SMILES string of the molecule is O=C1Oc2ccc3ccccc3c2C2=C[C@H](c3ccccc3)[C@@H]3C(=O)N(c4cccc(Cl)c4)C(=O)[C@@H]3[C@H]12. The average molecular weight is 506 g/mol. The first-order chi connectivity index (χ1) is 18.0. The molecule has 0 aromatic heterocycles. The molecule has 0 radical (unpaired) electrons. The van der Waals surface area contributed by atoms with Crippen LogP contribution in [0.3, 0.4) is 0 Å². The Morgan fingerprint density at radius 2 is 1.51 bits per heavy atom.